The van der Waals surface area contributed by atoms with Crippen molar-refractivity contribution in [1.29, 1.82) is 0 Å². The molecule has 0 amide bonds. The van der Waals surface area contributed by atoms with Crippen molar-refractivity contribution < 1.29 is 0 Å². The van der Waals surface area contributed by atoms with Gasteiger partial charge in [-0.1, -0.05) is 123 Å². The number of hydrogen-bond acceptors (Lipinski definition) is 2. The minimum atomic E-state index is -0.0506. The maximum absolute atomic E-state index is 4.51. The van der Waals surface area contributed by atoms with Crippen LogP contribution in [0.15, 0.2) is 140 Å². The lowest BCUT2D eigenvalue weighted by Crippen LogP contribution is -2.18. The first-order valence-electron chi connectivity index (χ1n) is 13.7. The van der Waals surface area contributed by atoms with Gasteiger partial charge in [-0.3, -0.25) is 0 Å². The molecule has 0 radical (unpaired) electrons. The topological polar surface area (TPSA) is 25.8 Å². The van der Waals surface area contributed by atoms with Gasteiger partial charge in [-0.2, -0.15) is 0 Å². The Kier molecular flexibility index (Phi) is 6.84. The quantitative estimate of drug-likeness (QED) is 0.220. The van der Waals surface area contributed by atoms with E-state index >= 15 is 0 Å². The normalized spacial score (nSPS) is 11.4. The summed E-state index contributed by atoms with van der Waals surface area (Å²) in [6.07, 6.45) is 3.72. The van der Waals surface area contributed by atoms with Crippen LogP contribution in [-0.2, 0) is 5.41 Å². The molecule has 0 N–H and O–H groups in total. The van der Waals surface area contributed by atoms with Crippen molar-refractivity contribution in [1.82, 2.24) is 9.97 Å². The molecule has 5 aromatic carbocycles. The van der Waals surface area contributed by atoms with E-state index in [4.69, 9.17) is 0 Å². The molecule has 0 unspecified atom stereocenters. The van der Waals surface area contributed by atoms with Crippen LogP contribution in [0, 0.1) is 6.92 Å². The molecule has 0 aliphatic carbocycles. The molecular formula is C38H32N2. The van der Waals surface area contributed by atoms with Gasteiger partial charge in [0.15, 0.2) is 5.82 Å². The van der Waals surface area contributed by atoms with E-state index in [1.807, 2.05) is 19.3 Å². The molecule has 1 aromatic heterocycles. The lowest BCUT2D eigenvalue weighted by Gasteiger charge is -2.26. The van der Waals surface area contributed by atoms with Crippen LogP contribution in [-0.4, -0.2) is 9.97 Å². The van der Waals surface area contributed by atoms with E-state index in [1.54, 1.807) is 0 Å². The SMILES string of the molecule is Cc1cnc(-c2cccc(-c3cccc(-c4cccc(-c5ccc(C(C)(C)c6ccccc6)cc5)c4)c3)c2)nc1. The van der Waals surface area contributed by atoms with Gasteiger partial charge in [0.05, 0.1) is 0 Å². The Balaban J connectivity index is 1.28. The highest BCUT2D eigenvalue weighted by Crippen LogP contribution is 2.34. The lowest BCUT2D eigenvalue weighted by molar-refractivity contribution is 0.641. The van der Waals surface area contributed by atoms with Gasteiger partial charge in [-0.25, -0.2) is 9.97 Å². The van der Waals surface area contributed by atoms with Crippen LogP contribution in [0.4, 0.5) is 0 Å². The zero-order chi connectivity index (χ0) is 27.5. The van der Waals surface area contributed by atoms with Gasteiger partial charge in [0.25, 0.3) is 0 Å². The van der Waals surface area contributed by atoms with Gasteiger partial charge in [-0.05, 0) is 75.2 Å². The first kappa shape index (κ1) is 25.5. The molecule has 6 rings (SSSR count). The summed E-state index contributed by atoms with van der Waals surface area (Å²) < 4.78 is 0. The van der Waals surface area contributed by atoms with Crippen molar-refractivity contribution in [2.24, 2.45) is 0 Å². The highest BCUT2D eigenvalue weighted by molar-refractivity contribution is 5.78. The minimum Gasteiger partial charge on any atom is -0.236 e. The molecule has 0 spiro atoms. The third-order valence-corrected chi connectivity index (χ3v) is 7.73. The van der Waals surface area contributed by atoms with Crippen molar-refractivity contribution in [2.45, 2.75) is 26.2 Å². The molecule has 0 aliphatic rings. The molecule has 6 aromatic rings. The highest BCUT2D eigenvalue weighted by Gasteiger charge is 2.22. The van der Waals surface area contributed by atoms with Crippen LogP contribution in [0.1, 0.15) is 30.5 Å². The Hall–Kier alpha value is -4.82. The van der Waals surface area contributed by atoms with Crippen molar-refractivity contribution in [2.75, 3.05) is 0 Å². The Morgan fingerprint density at radius 2 is 0.850 bits per heavy atom. The van der Waals surface area contributed by atoms with E-state index in [9.17, 15) is 0 Å². The number of rotatable bonds is 6. The van der Waals surface area contributed by atoms with E-state index < -0.39 is 0 Å². The Morgan fingerprint density at radius 1 is 0.425 bits per heavy atom. The van der Waals surface area contributed by atoms with Crippen molar-refractivity contribution in [3.05, 3.63) is 156 Å². The van der Waals surface area contributed by atoms with Crippen LogP contribution in [0.3, 0.4) is 0 Å². The first-order chi connectivity index (χ1) is 19.5. The van der Waals surface area contributed by atoms with Crippen LogP contribution in [0.5, 0.6) is 0 Å². The molecular weight excluding hydrogens is 484 g/mol. The molecule has 0 fully saturated rings. The molecule has 0 aliphatic heterocycles. The lowest BCUT2D eigenvalue weighted by atomic mass is 9.78. The first-order valence-corrected chi connectivity index (χ1v) is 13.7. The zero-order valence-electron chi connectivity index (χ0n) is 23.2. The van der Waals surface area contributed by atoms with Crippen LogP contribution >= 0.6 is 0 Å². The number of aromatic nitrogens is 2. The highest BCUT2D eigenvalue weighted by atomic mass is 14.9. The minimum absolute atomic E-state index is 0.0506. The van der Waals surface area contributed by atoms with Crippen molar-refractivity contribution in [3.63, 3.8) is 0 Å². The molecule has 0 atom stereocenters. The molecule has 194 valence electrons. The Bertz CT molecular complexity index is 1750. The molecule has 2 heteroatoms. The summed E-state index contributed by atoms with van der Waals surface area (Å²) in [7, 11) is 0. The maximum Gasteiger partial charge on any atom is 0.159 e. The average molecular weight is 517 g/mol. The third-order valence-electron chi connectivity index (χ3n) is 7.73. The van der Waals surface area contributed by atoms with E-state index in [0.29, 0.717) is 0 Å². The fourth-order valence-corrected chi connectivity index (χ4v) is 5.24. The molecule has 40 heavy (non-hydrogen) atoms. The molecule has 0 saturated heterocycles. The Morgan fingerprint density at radius 3 is 1.38 bits per heavy atom. The molecule has 2 nitrogen and oxygen atoms in total. The van der Waals surface area contributed by atoms with E-state index in [1.165, 1.54) is 38.9 Å². The van der Waals surface area contributed by atoms with Gasteiger partial charge in [0, 0.05) is 23.4 Å². The molecule has 1 heterocycles. The van der Waals surface area contributed by atoms with Crippen LogP contribution < -0.4 is 0 Å². The summed E-state index contributed by atoms with van der Waals surface area (Å²) in [6.45, 7) is 6.57. The van der Waals surface area contributed by atoms with Crippen molar-refractivity contribution in [3.8, 4) is 44.8 Å². The van der Waals surface area contributed by atoms with Crippen molar-refractivity contribution >= 4 is 0 Å². The predicted octanol–water partition coefficient (Wildman–Crippen LogP) is 9.78. The molecule has 0 saturated carbocycles. The van der Waals surface area contributed by atoms with Crippen LogP contribution in [0.25, 0.3) is 44.8 Å². The number of nitrogens with zero attached hydrogens (tertiary/aromatic N) is 2. The second kappa shape index (κ2) is 10.7. The fraction of sp³-hybridized carbons (Fsp3) is 0.105. The summed E-state index contributed by atoms with van der Waals surface area (Å²) in [5, 5.41) is 0. The number of benzene rings is 5. The number of aryl methyl sites for hydroxylation is 1. The zero-order valence-corrected chi connectivity index (χ0v) is 23.2. The van der Waals surface area contributed by atoms with Gasteiger partial charge in [-0.15, -0.1) is 0 Å². The Labute approximate surface area is 237 Å². The monoisotopic (exact) mass is 516 g/mol. The standard InChI is InChI=1S/C38H32N2/c1-27-25-39-37(40-26-27)34-15-9-14-33(24-34)32-13-8-12-31(23-32)30-11-7-10-29(22-30)28-18-20-36(21-19-28)38(2,3)35-16-5-4-6-17-35/h4-26H,1-3H3. The predicted molar refractivity (Wildman–Crippen MR) is 167 cm³/mol. The summed E-state index contributed by atoms with van der Waals surface area (Å²) in [6, 6.07) is 45.7. The van der Waals surface area contributed by atoms with E-state index in [-0.39, 0.29) is 5.41 Å². The third kappa shape index (κ3) is 5.21. The fourth-order valence-electron chi connectivity index (χ4n) is 5.24. The summed E-state index contributed by atoms with van der Waals surface area (Å²) in [5.41, 5.74) is 11.8. The second-order valence-electron chi connectivity index (χ2n) is 10.9. The number of hydrogen-bond donors (Lipinski definition) is 0. The summed E-state index contributed by atoms with van der Waals surface area (Å²) >= 11 is 0. The average Bonchev–Trinajstić information content (AvgIpc) is 3.02. The molecule has 0 bridgehead atoms. The van der Waals surface area contributed by atoms with Gasteiger partial charge in [0.2, 0.25) is 0 Å². The summed E-state index contributed by atoms with van der Waals surface area (Å²) in [4.78, 5) is 9.02. The maximum atomic E-state index is 4.51. The van der Waals surface area contributed by atoms with E-state index in [0.717, 1.165) is 22.5 Å². The van der Waals surface area contributed by atoms with Gasteiger partial charge in [0.1, 0.15) is 0 Å². The van der Waals surface area contributed by atoms with Crippen LogP contribution in [0.2, 0.25) is 0 Å². The smallest absolute Gasteiger partial charge is 0.159 e. The largest absolute Gasteiger partial charge is 0.236 e. The van der Waals surface area contributed by atoms with Gasteiger partial charge < -0.3 is 0 Å². The van der Waals surface area contributed by atoms with Gasteiger partial charge >= 0.3 is 0 Å². The summed E-state index contributed by atoms with van der Waals surface area (Å²) in [5.74, 6) is 0.745. The second-order valence-corrected chi connectivity index (χ2v) is 10.9. The van der Waals surface area contributed by atoms with E-state index in [2.05, 4.69) is 151 Å².